The summed E-state index contributed by atoms with van der Waals surface area (Å²) < 4.78 is 9.39. The van der Waals surface area contributed by atoms with Gasteiger partial charge in [-0.3, -0.25) is 0 Å². The van der Waals surface area contributed by atoms with Crippen LogP contribution < -0.4 is 0 Å². The molecule has 0 saturated carbocycles. The summed E-state index contributed by atoms with van der Waals surface area (Å²) in [6.45, 7) is 13.8. The summed E-state index contributed by atoms with van der Waals surface area (Å²) in [6.07, 6.45) is 0. The standard InChI is InChI=1S/C22H32N2SeSi2/c1-7-26(8-2,9-3)17-15-19-13-14-20(22-21(19)23-25-24-22)16-18-27(10-4,11-5)12-6/h13-14H,7-12H2,1-6H3. The molecular weight excluding hydrogens is 427 g/mol. The molecular formula is C22H32N2SeSi2. The van der Waals surface area contributed by atoms with Crippen LogP contribution >= 0.6 is 0 Å². The van der Waals surface area contributed by atoms with E-state index >= 15 is 0 Å². The second-order valence-electron chi connectivity index (χ2n) is 7.30. The van der Waals surface area contributed by atoms with E-state index in [0.717, 1.165) is 22.2 Å². The Bertz CT molecular complexity index is 799. The number of fused-ring (bicyclic) bond motifs is 1. The molecule has 0 amide bonds. The van der Waals surface area contributed by atoms with Crippen molar-refractivity contribution in [2.24, 2.45) is 0 Å². The molecule has 1 aromatic carbocycles. The monoisotopic (exact) mass is 460 g/mol. The van der Waals surface area contributed by atoms with Crippen LogP contribution in [0.5, 0.6) is 0 Å². The summed E-state index contributed by atoms with van der Waals surface area (Å²) in [6, 6.07) is 11.6. The number of nitrogens with zero attached hydrogens (tertiary/aromatic N) is 2. The Morgan fingerprint density at radius 1 is 0.667 bits per heavy atom. The first-order chi connectivity index (χ1) is 13.0. The van der Waals surface area contributed by atoms with E-state index in [1.54, 1.807) is 0 Å². The van der Waals surface area contributed by atoms with E-state index in [-0.39, 0.29) is 15.0 Å². The molecule has 0 spiro atoms. The Hall–Kier alpha value is -1.11. The van der Waals surface area contributed by atoms with Crippen LogP contribution in [0.3, 0.4) is 0 Å². The summed E-state index contributed by atoms with van der Waals surface area (Å²) in [5.41, 5.74) is 11.5. The summed E-state index contributed by atoms with van der Waals surface area (Å²) in [4.78, 5) is 0. The molecule has 144 valence electrons. The van der Waals surface area contributed by atoms with Crippen molar-refractivity contribution in [3.63, 3.8) is 0 Å². The van der Waals surface area contributed by atoms with Crippen LogP contribution in [0.25, 0.3) is 11.0 Å². The van der Waals surface area contributed by atoms with E-state index in [2.05, 4.69) is 76.6 Å². The molecule has 0 atom stereocenters. The van der Waals surface area contributed by atoms with Gasteiger partial charge in [0, 0.05) is 0 Å². The van der Waals surface area contributed by atoms with Crippen LogP contribution in [-0.4, -0.2) is 39.1 Å². The molecule has 2 aromatic rings. The molecule has 0 bridgehead atoms. The zero-order valence-electron chi connectivity index (χ0n) is 17.7. The van der Waals surface area contributed by atoms with E-state index < -0.39 is 16.1 Å². The molecule has 0 N–H and O–H groups in total. The summed E-state index contributed by atoms with van der Waals surface area (Å²) in [7, 11) is -2.90. The van der Waals surface area contributed by atoms with Gasteiger partial charge in [-0.1, -0.05) is 0 Å². The van der Waals surface area contributed by atoms with Crippen LogP contribution in [0.4, 0.5) is 0 Å². The van der Waals surface area contributed by atoms with Gasteiger partial charge >= 0.3 is 174 Å². The van der Waals surface area contributed by atoms with E-state index in [4.69, 9.17) is 7.96 Å². The fourth-order valence-corrected chi connectivity index (χ4v) is 9.56. The van der Waals surface area contributed by atoms with Crippen molar-refractivity contribution in [1.29, 1.82) is 0 Å². The first-order valence-corrected chi connectivity index (χ1v) is 17.1. The van der Waals surface area contributed by atoms with Crippen LogP contribution in [0.15, 0.2) is 12.1 Å². The zero-order valence-corrected chi connectivity index (χ0v) is 21.4. The molecule has 0 radical (unpaired) electrons. The molecule has 0 aliphatic rings. The Morgan fingerprint density at radius 2 is 1.00 bits per heavy atom. The fourth-order valence-electron chi connectivity index (χ4n) is 3.50. The molecule has 27 heavy (non-hydrogen) atoms. The zero-order chi connectivity index (χ0) is 19.9. The van der Waals surface area contributed by atoms with Gasteiger partial charge in [0.05, 0.1) is 0 Å². The van der Waals surface area contributed by atoms with Gasteiger partial charge in [0.15, 0.2) is 0 Å². The van der Waals surface area contributed by atoms with Gasteiger partial charge < -0.3 is 0 Å². The van der Waals surface area contributed by atoms with Gasteiger partial charge in [-0.2, -0.15) is 0 Å². The van der Waals surface area contributed by atoms with Crippen LogP contribution in [0, 0.1) is 22.9 Å². The fraction of sp³-hybridized carbons (Fsp3) is 0.545. The number of hydrogen-bond donors (Lipinski definition) is 0. The summed E-state index contributed by atoms with van der Waals surface area (Å²) in [5.74, 6) is 7.00. The van der Waals surface area contributed by atoms with Gasteiger partial charge in [0.25, 0.3) is 0 Å². The predicted molar refractivity (Wildman–Crippen MR) is 125 cm³/mol. The maximum absolute atomic E-state index is 4.70. The van der Waals surface area contributed by atoms with Crippen molar-refractivity contribution in [2.45, 2.75) is 77.8 Å². The third kappa shape index (κ3) is 4.84. The van der Waals surface area contributed by atoms with Crippen molar-refractivity contribution in [2.75, 3.05) is 0 Å². The minimum atomic E-state index is -1.45. The van der Waals surface area contributed by atoms with Crippen LogP contribution in [0.2, 0.25) is 36.3 Å². The van der Waals surface area contributed by atoms with Crippen molar-refractivity contribution in [3.8, 4) is 22.9 Å². The molecule has 0 saturated heterocycles. The molecule has 0 unspecified atom stereocenters. The predicted octanol–water partition coefficient (Wildman–Crippen LogP) is 5.49. The first-order valence-electron chi connectivity index (χ1n) is 10.3. The van der Waals surface area contributed by atoms with Crippen LogP contribution in [-0.2, 0) is 0 Å². The van der Waals surface area contributed by atoms with Crippen molar-refractivity contribution in [3.05, 3.63) is 23.3 Å². The molecule has 0 fully saturated rings. The first kappa shape index (κ1) is 22.2. The van der Waals surface area contributed by atoms with Crippen LogP contribution in [0.1, 0.15) is 52.7 Å². The molecule has 2 rings (SSSR count). The summed E-state index contributed by atoms with van der Waals surface area (Å²) in [5, 5.41) is 0. The maximum atomic E-state index is 4.70. The molecule has 2 nitrogen and oxygen atoms in total. The normalized spacial score (nSPS) is 11.6. The average molecular weight is 460 g/mol. The molecule has 5 heteroatoms. The number of aromatic nitrogens is 2. The van der Waals surface area contributed by atoms with Crippen molar-refractivity contribution in [1.82, 2.24) is 7.96 Å². The second-order valence-corrected chi connectivity index (χ2v) is 18.3. The van der Waals surface area contributed by atoms with Gasteiger partial charge in [-0.15, -0.1) is 0 Å². The molecule has 0 aliphatic heterocycles. The topological polar surface area (TPSA) is 25.8 Å². The van der Waals surface area contributed by atoms with Gasteiger partial charge in [-0.05, 0) is 0 Å². The third-order valence-corrected chi connectivity index (χ3v) is 16.9. The Balaban J connectivity index is 2.49. The van der Waals surface area contributed by atoms with E-state index in [1.165, 1.54) is 36.3 Å². The van der Waals surface area contributed by atoms with E-state index in [0.29, 0.717) is 0 Å². The average Bonchev–Trinajstić information content (AvgIpc) is 3.22. The SMILES string of the molecule is CC[Si](C#Cc1ccc(C#C[Si](CC)(CC)CC)c2n[se]nc12)(CC)CC. The molecule has 1 heterocycles. The Morgan fingerprint density at radius 3 is 1.30 bits per heavy atom. The number of benzene rings is 1. The van der Waals surface area contributed by atoms with E-state index in [9.17, 15) is 0 Å². The van der Waals surface area contributed by atoms with E-state index in [1.807, 2.05) is 0 Å². The second kappa shape index (κ2) is 9.90. The molecule has 1 aromatic heterocycles. The van der Waals surface area contributed by atoms with Gasteiger partial charge in [-0.25, -0.2) is 0 Å². The number of rotatable bonds is 6. The van der Waals surface area contributed by atoms with Crippen molar-refractivity contribution < 1.29 is 0 Å². The van der Waals surface area contributed by atoms with Crippen molar-refractivity contribution >= 4 is 42.1 Å². The van der Waals surface area contributed by atoms with Gasteiger partial charge in [0.2, 0.25) is 0 Å². The summed E-state index contributed by atoms with van der Waals surface area (Å²) >= 11 is -0.0554. The Kier molecular flexibility index (Phi) is 8.13. The minimum absolute atomic E-state index is 0.0554. The van der Waals surface area contributed by atoms with Gasteiger partial charge in [0.1, 0.15) is 0 Å². The third-order valence-electron chi connectivity index (χ3n) is 6.40. The Labute approximate surface area is 173 Å². The number of hydrogen-bond acceptors (Lipinski definition) is 2. The molecule has 0 aliphatic carbocycles. The quantitative estimate of drug-likeness (QED) is 0.422.